The van der Waals surface area contributed by atoms with E-state index >= 15 is 0 Å². The number of benzene rings is 3. The second kappa shape index (κ2) is 11.7. The molecular weight excluding hydrogens is 620 g/mol. The molecule has 7 rings (SSSR count). The Morgan fingerprint density at radius 1 is 0.660 bits per heavy atom. The molecule has 240 valence electrons. The van der Waals surface area contributed by atoms with Crippen LogP contribution in [0.15, 0.2) is 100 Å². The van der Waals surface area contributed by atoms with E-state index in [4.69, 9.17) is 27.5 Å². The Hall–Kier alpha value is -5.51. The molecular formula is C33H24O14. The van der Waals surface area contributed by atoms with Gasteiger partial charge < -0.3 is 53.0 Å². The van der Waals surface area contributed by atoms with Gasteiger partial charge in [0.1, 0.15) is 52.8 Å². The lowest BCUT2D eigenvalue weighted by atomic mass is 9.97. The molecule has 5 N–H and O–H groups in total. The van der Waals surface area contributed by atoms with Crippen LogP contribution in [0.3, 0.4) is 0 Å². The second-order valence-corrected chi connectivity index (χ2v) is 10.8. The van der Waals surface area contributed by atoms with Gasteiger partial charge >= 0.3 is 16.9 Å². The first-order valence-corrected chi connectivity index (χ1v) is 14.2. The van der Waals surface area contributed by atoms with Gasteiger partial charge in [-0.1, -0.05) is 0 Å². The van der Waals surface area contributed by atoms with Crippen molar-refractivity contribution in [1.82, 2.24) is 0 Å². The summed E-state index contributed by atoms with van der Waals surface area (Å²) in [6.07, 6.45) is -8.13. The number of aromatic hydroxyl groups is 1. The molecule has 14 heteroatoms. The summed E-state index contributed by atoms with van der Waals surface area (Å²) in [5.74, 6) is -0.645. The molecule has 1 aliphatic rings. The fraction of sp³-hybridized carbons (Fsp3) is 0.182. The van der Waals surface area contributed by atoms with Gasteiger partial charge in [-0.25, -0.2) is 14.4 Å². The largest absolute Gasteiger partial charge is 0.507 e. The fourth-order valence-electron chi connectivity index (χ4n) is 5.44. The van der Waals surface area contributed by atoms with E-state index in [1.165, 1.54) is 54.6 Å². The number of phenolic OH excluding ortho intramolecular Hbond substituents is 1. The van der Waals surface area contributed by atoms with Gasteiger partial charge in [0.2, 0.25) is 12.0 Å². The van der Waals surface area contributed by atoms with Crippen molar-refractivity contribution in [2.24, 2.45) is 0 Å². The first-order chi connectivity index (χ1) is 22.6. The monoisotopic (exact) mass is 644 g/mol. The number of hydrogen-bond acceptors (Lipinski definition) is 14. The van der Waals surface area contributed by atoms with E-state index < -0.39 is 59.9 Å². The molecule has 0 aliphatic carbocycles. The van der Waals surface area contributed by atoms with E-state index in [0.29, 0.717) is 10.8 Å². The SMILES string of the molecule is O=c1ccc2ccc(Oc3cc4ccc(O)c(-c5c(O[C@H]6O[C@H](CO)[C@@H](O)[C@H](O)[C@H]6O)ccc6ccc(=O)oc56)c4oc3=O)cc2o1. The maximum atomic E-state index is 13.3. The Balaban J connectivity index is 1.37. The van der Waals surface area contributed by atoms with Gasteiger partial charge in [-0.05, 0) is 54.6 Å². The third kappa shape index (κ3) is 5.39. The Morgan fingerprint density at radius 2 is 1.34 bits per heavy atom. The molecule has 1 saturated heterocycles. The smallest absolute Gasteiger partial charge is 0.379 e. The molecule has 3 aromatic carbocycles. The maximum absolute atomic E-state index is 13.3. The Morgan fingerprint density at radius 3 is 2.13 bits per heavy atom. The highest BCUT2D eigenvalue weighted by atomic mass is 16.7. The van der Waals surface area contributed by atoms with Crippen LogP contribution < -0.4 is 26.4 Å². The van der Waals surface area contributed by atoms with E-state index in [0.717, 1.165) is 0 Å². The van der Waals surface area contributed by atoms with Crippen molar-refractivity contribution < 1.29 is 53.0 Å². The van der Waals surface area contributed by atoms with Crippen LogP contribution in [0.2, 0.25) is 0 Å². The first kappa shape index (κ1) is 30.2. The topological polar surface area (TPSA) is 219 Å². The maximum Gasteiger partial charge on any atom is 0.379 e. The predicted octanol–water partition coefficient (Wildman–Crippen LogP) is 2.35. The number of aliphatic hydroxyl groups excluding tert-OH is 4. The zero-order valence-electron chi connectivity index (χ0n) is 23.9. The van der Waals surface area contributed by atoms with E-state index in [9.17, 15) is 39.9 Å². The summed E-state index contributed by atoms with van der Waals surface area (Å²) in [6, 6.07) is 17.1. The average Bonchev–Trinajstić information content (AvgIpc) is 3.05. The summed E-state index contributed by atoms with van der Waals surface area (Å²) in [5, 5.41) is 53.2. The molecule has 1 fully saturated rings. The van der Waals surface area contributed by atoms with Crippen molar-refractivity contribution in [3.05, 3.63) is 104 Å². The third-order valence-corrected chi connectivity index (χ3v) is 7.76. The number of fused-ring (bicyclic) bond motifs is 3. The van der Waals surface area contributed by atoms with Gasteiger partial charge in [0.15, 0.2) is 5.58 Å². The number of hydrogen-bond donors (Lipinski definition) is 5. The molecule has 0 bridgehead atoms. The van der Waals surface area contributed by atoms with Crippen molar-refractivity contribution in [2.45, 2.75) is 30.7 Å². The van der Waals surface area contributed by atoms with Crippen LogP contribution in [-0.2, 0) is 4.74 Å². The lowest BCUT2D eigenvalue weighted by Gasteiger charge is -2.39. The number of aliphatic hydroxyl groups is 4. The summed E-state index contributed by atoms with van der Waals surface area (Å²) >= 11 is 0. The molecule has 3 aromatic heterocycles. The van der Waals surface area contributed by atoms with Gasteiger partial charge in [0.25, 0.3) is 0 Å². The summed E-state index contributed by atoms with van der Waals surface area (Å²) < 4.78 is 33.6. The van der Waals surface area contributed by atoms with Crippen molar-refractivity contribution in [3.63, 3.8) is 0 Å². The first-order valence-electron chi connectivity index (χ1n) is 14.2. The van der Waals surface area contributed by atoms with E-state index in [2.05, 4.69) is 0 Å². The Bertz CT molecular complexity index is 2340. The molecule has 5 atom stereocenters. The molecule has 0 unspecified atom stereocenters. The summed E-state index contributed by atoms with van der Waals surface area (Å²) in [5.41, 5.74) is -2.53. The average molecular weight is 645 g/mol. The van der Waals surface area contributed by atoms with Gasteiger partial charge in [-0.2, -0.15) is 0 Å². The van der Waals surface area contributed by atoms with E-state index in [1.54, 1.807) is 18.2 Å². The normalized spacial score (nSPS) is 21.3. The zero-order valence-corrected chi connectivity index (χ0v) is 23.9. The van der Waals surface area contributed by atoms with E-state index in [-0.39, 0.29) is 50.5 Å². The van der Waals surface area contributed by atoms with Crippen LogP contribution in [-0.4, -0.2) is 62.8 Å². The molecule has 1 aliphatic heterocycles. The molecule has 0 spiro atoms. The van der Waals surface area contributed by atoms with Crippen molar-refractivity contribution in [2.75, 3.05) is 6.61 Å². The van der Waals surface area contributed by atoms with Crippen LogP contribution >= 0.6 is 0 Å². The minimum Gasteiger partial charge on any atom is -0.507 e. The minimum absolute atomic E-state index is 0.0818. The molecule has 0 saturated carbocycles. The van der Waals surface area contributed by atoms with Crippen molar-refractivity contribution in [3.8, 4) is 34.1 Å². The predicted molar refractivity (Wildman–Crippen MR) is 163 cm³/mol. The number of rotatable bonds is 6. The quantitative estimate of drug-likeness (QED) is 0.164. The van der Waals surface area contributed by atoms with Gasteiger partial charge in [-0.3, -0.25) is 0 Å². The number of ether oxygens (including phenoxy) is 3. The summed E-state index contributed by atoms with van der Waals surface area (Å²) in [4.78, 5) is 37.3. The molecule has 6 aromatic rings. The standard InChI is InChI=1S/C33H24O14/c34-13-22-27(38)28(39)29(40)33(45-22)44-19-8-3-15-5-10-24(37)46-30(15)26(19)25-18(35)7-2-16-11-21(32(41)47-31(16)25)42-17-6-1-14-4-9-23(36)43-20(14)12-17/h1-12,22,27-29,33-35,38-40H,13H2/t22-,27-,28+,29-,33+/m1/s1. The Kier molecular flexibility index (Phi) is 7.50. The fourth-order valence-corrected chi connectivity index (χ4v) is 5.44. The number of phenols is 1. The summed E-state index contributed by atoms with van der Waals surface area (Å²) in [7, 11) is 0. The molecule has 0 amide bonds. The molecule has 14 nitrogen and oxygen atoms in total. The minimum atomic E-state index is -1.79. The molecule has 47 heavy (non-hydrogen) atoms. The van der Waals surface area contributed by atoms with Gasteiger partial charge in [0, 0.05) is 34.4 Å². The highest BCUT2D eigenvalue weighted by Gasteiger charge is 2.45. The molecule has 4 heterocycles. The summed E-state index contributed by atoms with van der Waals surface area (Å²) in [6.45, 7) is -0.711. The van der Waals surface area contributed by atoms with Gasteiger partial charge in [-0.15, -0.1) is 0 Å². The third-order valence-electron chi connectivity index (χ3n) is 7.76. The second-order valence-electron chi connectivity index (χ2n) is 10.8. The van der Waals surface area contributed by atoms with Crippen LogP contribution in [0.4, 0.5) is 0 Å². The van der Waals surface area contributed by atoms with Crippen LogP contribution in [0.25, 0.3) is 44.0 Å². The highest BCUT2D eigenvalue weighted by Crippen LogP contribution is 2.45. The lowest BCUT2D eigenvalue weighted by molar-refractivity contribution is -0.277. The van der Waals surface area contributed by atoms with E-state index in [1.807, 2.05) is 0 Å². The lowest BCUT2D eigenvalue weighted by Crippen LogP contribution is -2.60. The molecule has 0 radical (unpaired) electrons. The van der Waals surface area contributed by atoms with Crippen molar-refractivity contribution >= 4 is 32.9 Å². The van der Waals surface area contributed by atoms with Crippen LogP contribution in [0, 0.1) is 0 Å². The highest BCUT2D eigenvalue weighted by molar-refractivity contribution is 6.05. The van der Waals surface area contributed by atoms with Crippen molar-refractivity contribution in [1.29, 1.82) is 0 Å². The Labute approximate surface area is 261 Å². The van der Waals surface area contributed by atoms with Crippen LogP contribution in [0.1, 0.15) is 0 Å². The zero-order chi connectivity index (χ0) is 33.0. The van der Waals surface area contributed by atoms with Gasteiger partial charge in [0.05, 0.1) is 17.7 Å². The van der Waals surface area contributed by atoms with Crippen LogP contribution in [0.5, 0.6) is 23.0 Å².